The number of nitrogens with zero attached hydrogens (tertiary/aromatic N) is 1. The number of Topliss-reactive ketones (excluding diaryl/α,β-unsaturated/α-hetero) is 1. The molecule has 4 rings (SSSR count). The van der Waals surface area contributed by atoms with Gasteiger partial charge < -0.3 is 0 Å². The van der Waals surface area contributed by atoms with E-state index in [2.05, 4.69) is 0 Å². The summed E-state index contributed by atoms with van der Waals surface area (Å²) in [6.07, 6.45) is 2.84. The van der Waals surface area contributed by atoms with Crippen molar-refractivity contribution >= 4 is 25.6 Å². The zero-order chi connectivity index (χ0) is 23.6. The van der Waals surface area contributed by atoms with E-state index < -0.39 is 25.1 Å². The highest BCUT2D eigenvalue weighted by Crippen LogP contribution is 2.38. The number of hydrogen-bond acceptors (Lipinski definition) is 5. The van der Waals surface area contributed by atoms with Gasteiger partial charge in [-0.1, -0.05) is 54.6 Å². The van der Waals surface area contributed by atoms with Crippen LogP contribution in [0.25, 0.3) is 0 Å². The zero-order valence-electron chi connectivity index (χ0n) is 18.9. The van der Waals surface area contributed by atoms with E-state index in [1.54, 1.807) is 16.4 Å². The smallest absolute Gasteiger partial charge is 0.221 e. The fourth-order valence-corrected chi connectivity index (χ4v) is 8.64. The molecular weight excluding hydrogens is 458 g/mol. The maximum absolute atomic E-state index is 13.4. The molecule has 0 radical (unpaired) electrons. The summed E-state index contributed by atoms with van der Waals surface area (Å²) in [5, 5.41) is -0.532. The van der Waals surface area contributed by atoms with Crippen LogP contribution < -0.4 is 0 Å². The van der Waals surface area contributed by atoms with Crippen LogP contribution in [-0.4, -0.2) is 44.5 Å². The van der Waals surface area contributed by atoms with Gasteiger partial charge >= 0.3 is 0 Å². The lowest BCUT2D eigenvalue weighted by atomic mass is 9.93. The summed E-state index contributed by atoms with van der Waals surface area (Å²) in [6.45, 7) is 2.23. The van der Waals surface area contributed by atoms with Gasteiger partial charge in [0.05, 0.1) is 11.5 Å². The van der Waals surface area contributed by atoms with E-state index in [0.29, 0.717) is 31.2 Å². The second-order valence-electron chi connectivity index (χ2n) is 9.34. The zero-order valence-corrected chi connectivity index (χ0v) is 20.5. The molecule has 6 nitrogen and oxygen atoms in total. The van der Waals surface area contributed by atoms with Gasteiger partial charge in [0.25, 0.3) is 0 Å². The molecule has 0 amide bonds. The predicted molar refractivity (Wildman–Crippen MR) is 129 cm³/mol. The van der Waals surface area contributed by atoms with Crippen molar-refractivity contribution in [3.05, 3.63) is 71.3 Å². The Kier molecular flexibility index (Phi) is 7.07. The van der Waals surface area contributed by atoms with E-state index in [4.69, 9.17) is 0 Å². The Labute approximate surface area is 197 Å². The van der Waals surface area contributed by atoms with Gasteiger partial charge in [0.2, 0.25) is 10.0 Å². The summed E-state index contributed by atoms with van der Waals surface area (Å²) in [5.74, 6) is 0.441. The number of rotatable bonds is 6. The first kappa shape index (κ1) is 24.1. The summed E-state index contributed by atoms with van der Waals surface area (Å²) < 4.78 is 51.6. The van der Waals surface area contributed by atoms with Crippen molar-refractivity contribution in [1.29, 1.82) is 0 Å². The van der Waals surface area contributed by atoms with Crippen molar-refractivity contribution in [3.8, 4) is 0 Å². The van der Waals surface area contributed by atoms with Crippen LogP contribution in [0, 0.1) is 5.92 Å². The minimum atomic E-state index is -3.50. The average Bonchev–Trinajstić information content (AvgIpc) is 2.79. The lowest BCUT2D eigenvalue weighted by Crippen LogP contribution is -2.44. The second kappa shape index (κ2) is 9.68. The Balaban J connectivity index is 1.43. The Morgan fingerprint density at radius 3 is 2.15 bits per heavy atom. The van der Waals surface area contributed by atoms with Crippen LogP contribution in [0.1, 0.15) is 65.8 Å². The van der Waals surface area contributed by atoms with E-state index in [1.165, 1.54) is 0 Å². The van der Waals surface area contributed by atoms with E-state index in [0.717, 1.165) is 17.5 Å². The van der Waals surface area contributed by atoms with Gasteiger partial charge in [-0.15, -0.1) is 0 Å². The molecule has 1 unspecified atom stereocenters. The molecule has 0 aromatic heterocycles. The maximum atomic E-state index is 13.4. The Morgan fingerprint density at radius 2 is 1.52 bits per heavy atom. The Morgan fingerprint density at radius 1 is 0.879 bits per heavy atom. The highest BCUT2D eigenvalue weighted by Gasteiger charge is 2.40. The number of carbonyl (C=O) groups excluding carboxylic acids is 1. The number of benzene rings is 2. The molecule has 2 aliphatic rings. The minimum absolute atomic E-state index is 0.00829. The summed E-state index contributed by atoms with van der Waals surface area (Å²) in [5.41, 5.74) is 2.26. The third-order valence-electron chi connectivity index (χ3n) is 6.96. The molecule has 2 aromatic rings. The van der Waals surface area contributed by atoms with Gasteiger partial charge in [0, 0.05) is 24.6 Å². The largest absolute Gasteiger partial charge is 0.294 e. The fourth-order valence-electron chi connectivity index (χ4n) is 4.85. The van der Waals surface area contributed by atoms with Gasteiger partial charge in [0.1, 0.15) is 15.1 Å². The molecule has 33 heavy (non-hydrogen) atoms. The average molecular weight is 490 g/mol. The second-order valence-corrected chi connectivity index (χ2v) is 13.7. The SMILES string of the molecule is C[C@H]1CCC(c2ccccc2)S(=O)(=O)N1Cc1ccc(C(=O)CC2CCS(=O)(=O)CC2)cc1. The molecule has 0 spiro atoms. The molecule has 0 aliphatic carbocycles. The summed E-state index contributed by atoms with van der Waals surface area (Å²) in [6, 6.07) is 16.5. The molecule has 2 atom stereocenters. The van der Waals surface area contributed by atoms with Crippen molar-refractivity contribution in [2.24, 2.45) is 5.92 Å². The van der Waals surface area contributed by atoms with Crippen molar-refractivity contribution in [2.45, 2.75) is 56.9 Å². The van der Waals surface area contributed by atoms with Crippen LogP contribution in [0.15, 0.2) is 54.6 Å². The van der Waals surface area contributed by atoms with Gasteiger partial charge in [0.15, 0.2) is 5.78 Å². The normalized spacial score (nSPS) is 25.5. The first-order valence-electron chi connectivity index (χ1n) is 11.5. The lowest BCUT2D eigenvalue weighted by molar-refractivity contribution is 0.0958. The third kappa shape index (κ3) is 5.55. The quantitative estimate of drug-likeness (QED) is 0.569. The lowest BCUT2D eigenvalue weighted by Gasteiger charge is -2.37. The fraction of sp³-hybridized carbons (Fsp3) is 0.480. The highest BCUT2D eigenvalue weighted by atomic mass is 32.2. The first-order chi connectivity index (χ1) is 15.7. The van der Waals surface area contributed by atoms with Gasteiger partial charge in [-0.2, -0.15) is 4.31 Å². The maximum Gasteiger partial charge on any atom is 0.221 e. The van der Waals surface area contributed by atoms with E-state index in [9.17, 15) is 21.6 Å². The topological polar surface area (TPSA) is 88.6 Å². The molecule has 0 bridgehead atoms. The number of ketones is 1. The van der Waals surface area contributed by atoms with E-state index >= 15 is 0 Å². The van der Waals surface area contributed by atoms with Crippen molar-refractivity contribution in [1.82, 2.24) is 4.31 Å². The first-order valence-corrected chi connectivity index (χ1v) is 14.9. The molecule has 2 aromatic carbocycles. The molecule has 2 fully saturated rings. The molecular formula is C25H31NO5S2. The van der Waals surface area contributed by atoms with Crippen LogP contribution >= 0.6 is 0 Å². The monoisotopic (exact) mass is 489 g/mol. The number of sulfone groups is 1. The van der Waals surface area contributed by atoms with Gasteiger partial charge in [-0.25, -0.2) is 16.8 Å². The minimum Gasteiger partial charge on any atom is -0.294 e. The van der Waals surface area contributed by atoms with E-state index in [-0.39, 0.29) is 35.8 Å². The van der Waals surface area contributed by atoms with Crippen LogP contribution in [0.2, 0.25) is 0 Å². The van der Waals surface area contributed by atoms with Crippen molar-refractivity contribution < 1.29 is 21.6 Å². The summed E-state index contributed by atoms with van der Waals surface area (Å²) in [7, 11) is -6.44. The van der Waals surface area contributed by atoms with Gasteiger partial charge in [-0.3, -0.25) is 4.79 Å². The van der Waals surface area contributed by atoms with Crippen LogP contribution in [0.3, 0.4) is 0 Å². The molecule has 8 heteroatoms. The molecule has 0 N–H and O–H groups in total. The number of sulfonamides is 1. The standard InChI is InChI=1S/C25H31NO5S2/c1-19-7-12-25(23-5-3-2-4-6-23)33(30,31)26(19)18-21-8-10-22(11-9-21)24(27)17-20-13-15-32(28,29)16-14-20/h2-6,8-11,19-20,25H,7,12-18H2,1H3/t19-,25?/m0/s1. The Bertz CT molecular complexity index is 1180. The molecule has 2 saturated heterocycles. The highest BCUT2D eigenvalue weighted by molar-refractivity contribution is 7.91. The molecule has 0 saturated carbocycles. The predicted octanol–water partition coefficient (Wildman–Crippen LogP) is 4.14. The summed E-state index contributed by atoms with van der Waals surface area (Å²) in [4.78, 5) is 12.7. The van der Waals surface area contributed by atoms with Crippen molar-refractivity contribution in [2.75, 3.05) is 11.5 Å². The van der Waals surface area contributed by atoms with Crippen molar-refractivity contribution in [3.63, 3.8) is 0 Å². The number of hydrogen-bond donors (Lipinski definition) is 0. The molecule has 2 aliphatic heterocycles. The van der Waals surface area contributed by atoms with E-state index in [1.807, 2.05) is 49.4 Å². The van der Waals surface area contributed by atoms with Crippen LogP contribution in [0.4, 0.5) is 0 Å². The molecule has 2 heterocycles. The van der Waals surface area contributed by atoms with Gasteiger partial charge in [-0.05, 0) is 49.7 Å². The van der Waals surface area contributed by atoms with Crippen LogP contribution in [0.5, 0.6) is 0 Å². The Hall–Kier alpha value is -2.03. The number of carbonyl (C=O) groups is 1. The summed E-state index contributed by atoms with van der Waals surface area (Å²) >= 11 is 0. The van der Waals surface area contributed by atoms with Crippen LogP contribution in [-0.2, 0) is 26.4 Å². The molecule has 178 valence electrons. The third-order valence-corrected chi connectivity index (χ3v) is 11.0.